The summed E-state index contributed by atoms with van der Waals surface area (Å²) < 4.78 is 23.7. The van der Waals surface area contributed by atoms with Crippen LogP contribution in [0.4, 0.5) is 0 Å². The van der Waals surface area contributed by atoms with Crippen molar-refractivity contribution in [1.29, 1.82) is 0 Å². The predicted molar refractivity (Wildman–Crippen MR) is 124 cm³/mol. The predicted octanol–water partition coefficient (Wildman–Crippen LogP) is 3.85. The van der Waals surface area contributed by atoms with Gasteiger partial charge in [-0.15, -0.1) is 5.10 Å². The van der Waals surface area contributed by atoms with E-state index in [0.717, 1.165) is 16.3 Å². The number of benzene rings is 2. The van der Waals surface area contributed by atoms with E-state index in [1.54, 1.807) is 22.9 Å². The molecule has 0 amide bonds. The van der Waals surface area contributed by atoms with Crippen molar-refractivity contribution < 1.29 is 18.3 Å². The Morgan fingerprint density at radius 1 is 0.882 bits per heavy atom. The second kappa shape index (κ2) is 9.22. The van der Waals surface area contributed by atoms with E-state index < -0.39 is 5.63 Å². The summed E-state index contributed by atoms with van der Waals surface area (Å²) in [6.07, 6.45) is 2.53. The van der Waals surface area contributed by atoms with Crippen LogP contribution in [0, 0.1) is 6.92 Å². The Kier molecular flexibility index (Phi) is 5.82. The first-order valence-corrected chi connectivity index (χ1v) is 10.8. The number of nitrogens with zero attached hydrogens (tertiary/aromatic N) is 3. The molecule has 5 aromatic rings. The molecule has 2 aromatic carbocycles. The van der Waals surface area contributed by atoms with Crippen LogP contribution in [-0.2, 0) is 13.2 Å². The average Bonchev–Trinajstić information content (AvgIpc) is 3.27. The maximum atomic E-state index is 11.6. The fourth-order valence-electron chi connectivity index (χ4n) is 3.61. The van der Waals surface area contributed by atoms with Gasteiger partial charge < -0.3 is 18.3 Å². The fraction of sp³-hybridized carbons (Fsp3) is 0.200. The number of hydrogen-bond acceptors (Lipinski definition) is 8. The highest BCUT2D eigenvalue weighted by molar-refractivity contribution is 5.81. The maximum Gasteiger partial charge on any atom is 0.336 e. The molecule has 34 heavy (non-hydrogen) atoms. The molecule has 0 N–H and O–H groups in total. The highest BCUT2D eigenvalue weighted by Gasteiger charge is 2.07. The van der Waals surface area contributed by atoms with Gasteiger partial charge in [0.25, 0.3) is 0 Å². The van der Waals surface area contributed by atoms with Gasteiger partial charge in [0.1, 0.15) is 35.0 Å². The Morgan fingerprint density at radius 2 is 1.65 bits per heavy atom. The zero-order valence-corrected chi connectivity index (χ0v) is 18.4. The molecule has 0 fully saturated rings. The van der Waals surface area contributed by atoms with E-state index in [-0.39, 0.29) is 12.2 Å². The van der Waals surface area contributed by atoms with E-state index in [4.69, 9.17) is 18.3 Å². The zero-order valence-electron chi connectivity index (χ0n) is 18.4. The minimum Gasteiger partial charge on any atom is -0.493 e. The summed E-state index contributed by atoms with van der Waals surface area (Å²) in [6, 6.07) is 15.4. The fourth-order valence-corrected chi connectivity index (χ4v) is 3.61. The summed E-state index contributed by atoms with van der Waals surface area (Å²) in [6.45, 7) is 3.19. The third-order valence-corrected chi connectivity index (χ3v) is 5.29. The molecule has 0 radical (unpaired) electrons. The van der Waals surface area contributed by atoms with E-state index in [9.17, 15) is 9.59 Å². The SMILES string of the molecule is Cc1cc(=O)oc2cc(OCc3cn(CCCOc4ccc5ccc(=O)oc5c4)nn3)ccc12. The number of aromatic nitrogens is 3. The molecule has 9 heteroatoms. The molecule has 3 aromatic heterocycles. The van der Waals surface area contributed by atoms with Crippen molar-refractivity contribution in [2.45, 2.75) is 26.5 Å². The lowest BCUT2D eigenvalue weighted by molar-refractivity contribution is 0.297. The Labute approximate surface area is 193 Å². The van der Waals surface area contributed by atoms with E-state index in [1.165, 1.54) is 12.1 Å². The Morgan fingerprint density at radius 3 is 2.56 bits per heavy atom. The van der Waals surface area contributed by atoms with Gasteiger partial charge in [0.15, 0.2) is 0 Å². The number of fused-ring (bicyclic) bond motifs is 2. The molecule has 9 nitrogen and oxygen atoms in total. The average molecular weight is 459 g/mol. The van der Waals surface area contributed by atoms with Gasteiger partial charge in [-0.1, -0.05) is 5.21 Å². The van der Waals surface area contributed by atoms with Gasteiger partial charge in [-0.25, -0.2) is 9.59 Å². The monoisotopic (exact) mass is 459 g/mol. The van der Waals surface area contributed by atoms with E-state index in [2.05, 4.69) is 10.3 Å². The van der Waals surface area contributed by atoms with Crippen LogP contribution in [0.15, 0.2) is 79.2 Å². The molecule has 0 saturated heterocycles. The van der Waals surface area contributed by atoms with Crippen molar-refractivity contribution >= 4 is 21.9 Å². The van der Waals surface area contributed by atoms with Crippen LogP contribution in [0.5, 0.6) is 11.5 Å². The lowest BCUT2D eigenvalue weighted by Gasteiger charge is -2.07. The molecule has 0 aliphatic rings. The van der Waals surface area contributed by atoms with Gasteiger partial charge in [-0.3, -0.25) is 4.68 Å². The largest absolute Gasteiger partial charge is 0.493 e. The molecule has 5 rings (SSSR count). The molecule has 0 saturated carbocycles. The number of ether oxygens (including phenoxy) is 2. The van der Waals surface area contributed by atoms with Gasteiger partial charge in [0, 0.05) is 48.0 Å². The number of aryl methyl sites for hydroxylation is 2. The Hall–Kier alpha value is -4.40. The summed E-state index contributed by atoms with van der Waals surface area (Å²) in [5.41, 5.74) is 1.74. The Bertz CT molecular complexity index is 1580. The van der Waals surface area contributed by atoms with Crippen LogP contribution >= 0.6 is 0 Å². The molecular weight excluding hydrogens is 438 g/mol. The summed E-state index contributed by atoms with van der Waals surface area (Å²) >= 11 is 0. The van der Waals surface area contributed by atoms with Crippen molar-refractivity contribution in [2.75, 3.05) is 6.61 Å². The molecule has 0 atom stereocenters. The zero-order chi connectivity index (χ0) is 23.5. The topological polar surface area (TPSA) is 110 Å². The lowest BCUT2D eigenvalue weighted by Crippen LogP contribution is -2.05. The number of rotatable bonds is 8. The van der Waals surface area contributed by atoms with Crippen LogP contribution in [0.2, 0.25) is 0 Å². The standard InChI is InChI=1S/C25H21N3O6/c1-16-11-25(30)34-23-13-20(6-7-21(16)23)32-15-18-14-28(27-26-18)9-2-10-31-19-5-3-17-4-8-24(29)33-22(17)12-19/h3-8,11-14H,2,9-10,15H2,1H3. The maximum absolute atomic E-state index is 11.6. The normalized spacial score (nSPS) is 11.2. The van der Waals surface area contributed by atoms with Gasteiger partial charge in [0.05, 0.1) is 12.8 Å². The molecule has 0 aliphatic heterocycles. The highest BCUT2D eigenvalue weighted by Crippen LogP contribution is 2.23. The molecule has 0 bridgehead atoms. The molecule has 3 heterocycles. The summed E-state index contributed by atoms with van der Waals surface area (Å²) in [7, 11) is 0. The second-order valence-electron chi connectivity index (χ2n) is 7.82. The van der Waals surface area contributed by atoms with Gasteiger partial charge in [-0.2, -0.15) is 0 Å². The van der Waals surface area contributed by atoms with E-state index in [0.29, 0.717) is 47.9 Å². The summed E-state index contributed by atoms with van der Waals surface area (Å²) in [4.78, 5) is 23.0. The van der Waals surface area contributed by atoms with Gasteiger partial charge in [0.2, 0.25) is 0 Å². The lowest BCUT2D eigenvalue weighted by atomic mass is 10.1. The van der Waals surface area contributed by atoms with Gasteiger partial charge in [-0.05, 0) is 42.8 Å². The molecule has 0 unspecified atom stereocenters. The minimum absolute atomic E-state index is 0.236. The minimum atomic E-state index is -0.391. The smallest absolute Gasteiger partial charge is 0.336 e. The van der Waals surface area contributed by atoms with Crippen molar-refractivity contribution in [3.8, 4) is 11.5 Å². The van der Waals surface area contributed by atoms with E-state index in [1.807, 2.05) is 37.4 Å². The molecule has 0 aliphatic carbocycles. The van der Waals surface area contributed by atoms with Crippen LogP contribution in [0.25, 0.3) is 21.9 Å². The molecule has 0 spiro atoms. The quantitative estimate of drug-likeness (QED) is 0.254. The first-order valence-electron chi connectivity index (χ1n) is 10.8. The summed E-state index contributed by atoms with van der Waals surface area (Å²) in [5, 5.41) is 9.96. The van der Waals surface area contributed by atoms with Crippen LogP contribution in [0.1, 0.15) is 17.7 Å². The third-order valence-electron chi connectivity index (χ3n) is 5.29. The number of hydrogen-bond donors (Lipinski definition) is 0. The van der Waals surface area contributed by atoms with Gasteiger partial charge >= 0.3 is 11.3 Å². The van der Waals surface area contributed by atoms with Crippen molar-refractivity contribution in [1.82, 2.24) is 15.0 Å². The van der Waals surface area contributed by atoms with Crippen molar-refractivity contribution in [3.05, 3.63) is 92.9 Å². The van der Waals surface area contributed by atoms with Crippen molar-refractivity contribution in [2.24, 2.45) is 0 Å². The molecule has 172 valence electrons. The van der Waals surface area contributed by atoms with Crippen LogP contribution < -0.4 is 20.7 Å². The first kappa shape index (κ1) is 21.4. The first-order chi connectivity index (χ1) is 16.5. The Balaban J connectivity index is 1.12. The van der Waals surface area contributed by atoms with Crippen molar-refractivity contribution in [3.63, 3.8) is 0 Å². The summed E-state index contributed by atoms with van der Waals surface area (Å²) in [5.74, 6) is 1.21. The van der Waals surface area contributed by atoms with Crippen LogP contribution in [0.3, 0.4) is 0 Å². The highest BCUT2D eigenvalue weighted by atomic mass is 16.5. The third kappa shape index (κ3) is 4.83. The van der Waals surface area contributed by atoms with Crippen LogP contribution in [-0.4, -0.2) is 21.6 Å². The molecular formula is C25H21N3O6. The van der Waals surface area contributed by atoms with E-state index >= 15 is 0 Å². The second-order valence-corrected chi connectivity index (χ2v) is 7.82.